The molecule has 4 nitrogen and oxygen atoms in total. The molecular formula is C17H20N2O2S. The van der Waals surface area contributed by atoms with Gasteiger partial charge < -0.3 is 15.0 Å². The van der Waals surface area contributed by atoms with Crippen LogP contribution < -0.4 is 10.2 Å². The smallest absolute Gasteiger partial charge is 0.256 e. The maximum Gasteiger partial charge on any atom is 0.256 e. The molecule has 1 fully saturated rings. The van der Waals surface area contributed by atoms with Crippen LogP contribution in [0.1, 0.15) is 23.2 Å². The Labute approximate surface area is 134 Å². The first-order valence-corrected chi connectivity index (χ1v) is 8.42. The summed E-state index contributed by atoms with van der Waals surface area (Å²) in [7, 11) is 1.78. The zero-order valence-electron chi connectivity index (χ0n) is 12.6. The van der Waals surface area contributed by atoms with Crippen molar-refractivity contribution in [2.45, 2.75) is 18.9 Å². The van der Waals surface area contributed by atoms with Gasteiger partial charge in [0.1, 0.15) is 0 Å². The molecule has 1 N–H and O–H groups in total. The Balaban J connectivity index is 1.64. The van der Waals surface area contributed by atoms with Crippen LogP contribution in [0.2, 0.25) is 0 Å². The lowest BCUT2D eigenvalue weighted by atomic mass is 10.1. The van der Waals surface area contributed by atoms with E-state index in [1.165, 1.54) is 17.0 Å². The molecule has 1 saturated heterocycles. The van der Waals surface area contributed by atoms with Crippen LogP contribution in [-0.2, 0) is 4.74 Å². The molecule has 1 aliphatic heterocycles. The number of thiophene rings is 1. The molecule has 1 aromatic heterocycles. The van der Waals surface area contributed by atoms with Crippen LogP contribution in [-0.4, -0.2) is 32.2 Å². The van der Waals surface area contributed by atoms with E-state index in [-0.39, 0.29) is 5.91 Å². The van der Waals surface area contributed by atoms with E-state index in [0.717, 1.165) is 31.6 Å². The minimum Gasteiger partial charge on any atom is -0.380 e. The van der Waals surface area contributed by atoms with Gasteiger partial charge in [0.2, 0.25) is 0 Å². The quantitative estimate of drug-likeness (QED) is 0.937. The maximum atomic E-state index is 12.0. The molecule has 0 aliphatic carbocycles. The monoisotopic (exact) mass is 316 g/mol. The van der Waals surface area contributed by atoms with E-state index in [4.69, 9.17) is 4.74 Å². The highest BCUT2D eigenvalue weighted by molar-refractivity contribution is 7.08. The number of nitrogens with one attached hydrogen (secondary N) is 1. The number of rotatable bonds is 4. The summed E-state index contributed by atoms with van der Waals surface area (Å²) < 4.78 is 5.46. The third-order valence-electron chi connectivity index (χ3n) is 3.99. The average Bonchev–Trinajstić information content (AvgIpc) is 3.10. The summed E-state index contributed by atoms with van der Waals surface area (Å²) in [6, 6.07) is 9.85. The Kier molecular flexibility index (Phi) is 4.75. The fourth-order valence-electron chi connectivity index (χ4n) is 2.72. The maximum absolute atomic E-state index is 12.0. The summed E-state index contributed by atoms with van der Waals surface area (Å²) in [5.41, 5.74) is 2.70. The SMILES string of the molecule is COC1CCCN(c2ccc(NC(=O)c3ccsc3)cc2)C1. The Hall–Kier alpha value is -1.85. The highest BCUT2D eigenvalue weighted by Gasteiger charge is 2.19. The van der Waals surface area contributed by atoms with Gasteiger partial charge in [-0.05, 0) is 48.6 Å². The Bertz CT molecular complexity index is 610. The molecule has 1 aliphatic rings. The van der Waals surface area contributed by atoms with Crippen molar-refractivity contribution in [3.8, 4) is 0 Å². The number of hydrogen-bond acceptors (Lipinski definition) is 4. The number of nitrogens with zero attached hydrogens (tertiary/aromatic N) is 1. The molecule has 0 radical (unpaired) electrons. The molecule has 1 amide bonds. The van der Waals surface area contributed by atoms with Gasteiger partial charge in [0.25, 0.3) is 5.91 Å². The number of benzene rings is 1. The fourth-order valence-corrected chi connectivity index (χ4v) is 3.35. The van der Waals surface area contributed by atoms with Gasteiger partial charge in [0.15, 0.2) is 0 Å². The molecule has 3 rings (SSSR count). The van der Waals surface area contributed by atoms with E-state index in [1.807, 2.05) is 29.0 Å². The summed E-state index contributed by atoms with van der Waals surface area (Å²) in [4.78, 5) is 14.3. The molecule has 5 heteroatoms. The van der Waals surface area contributed by atoms with Crippen molar-refractivity contribution < 1.29 is 9.53 Å². The molecular weight excluding hydrogens is 296 g/mol. The second-order valence-corrected chi connectivity index (χ2v) is 6.24. The number of anilines is 2. The molecule has 1 atom stereocenters. The Morgan fingerprint density at radius 3 is 2.82 bits per heavy atom. The van der Waals surface area contributed by atoms with Gasteiger partial charge >= 0.3 is 0 Å². The van der Waals surface area contributed by atoms with Gasteiger partial charge in [-0.15, -0.1) is 0 Å². The first-order valence-electron chi connectivity index (χ1n) is 7.47. The number of carbonyl (C=O) groups is 1. The van der Waals surface area contributed by atoms with Gasteiger partial charge in [-0.25, -0.2) is 0 Å². The highest BCUT2D eigenvalue weighted by Crippen LogP contribution is 2.23. The lowest BCUT2D eigenvalue weighted by molar-refractivity contribution is 0.0893. The van der Waals surface area contributed by atoms with Gasteiger partial charge in [0.05, 0.1) is 11.7 Å². The van der Waals surface area contributed by atoms with Gasteiger partial charge in [-0.2, -0.15) is 11.3 Å². The van der Waals surface area contributed by atoms with Crippen molar-refractivity contribution in [2.75, 3.05) is 30.4 Å². The van der Waals surface area contributed by atoms with E-state index in [0.29, 0.717) is 11.7 Å². The molecule has 2 heterocycles. The van der Waals surface area contributed by atoms with E-state index < -0.39 is 0 Å². The van der Waals surface area contributed by atoms with Crippen molar-refractivity contribution in [3.05, 3.63) is 46.7 Å². The Morgan fingerprint density at radius 2 is 2.14 bits per heavy atom. The van der Waals surface area contributed by atoms with Crippen LogP contribution in [0.5, 0.6) is 0 Å². The lowest BCUT2D eigenvalue weighted by Crippen LogP contribution is -2.39. The van der Waals surface area contributed by atoms with Gasteiger partial charge in [-0.3, -0.25) is 4.79 Å². The van der Waals surface area contributed by atoms with Crippen molar-refractivity contribution in [2.24, 2.45) is 0 Å². The van der Waals surface area contributed by atoms with E-state index >= 15 is 0 Å². The number of carbonyl (C=O) groups excluding carboxylic acids is 1. The highest BCUT2D eigenvalue weighted by atomic mass is 32.1. The van der Waals surface area contributed by atoms with Crippen LogP contribution in [0.25, 0.3) is 0 Å². The second kappa shape index (κ2) is 6.94. The molecule has 1 aromatic carbocycles. The minimum atomic E-state index is -0.0635. The van der Waals surface area contributed by atoms with E-state index in [2.05, 4.69) is 22.3 Å². The molecule has 116 valence electrons. The van der Waals surface area contributed by atoms with Crippen molar-refractivity contribution >= 4 is 28.6 Å². The van der Waals surface area contributed by atoms with Crippen LogP contribution >= 0.6 is 11.3 Å². The van der Waals surface area contributed by atoms with E-state index in [1.54, 1.807) is 7.11 Å². The van der Waals surface area contributed by atoms with Crippen molar-refractivity contribution in [3.63, 3.8) is 0 Å². The van der Waals surface area contributed by atoms with Crippen LogP contribution in [0.15, 0.2) is 41.1 Å². The summed E-state index contributed by atoms with van der Waals surface area (Å²) in [5, 5.41) is 6.67. The summed E-state index contributed by atoms with van der Waals surface area (Å²) in [5.74, 6) is -0.0635. The molecule has 0 spiro atoms. The summed E-state index contributed by atoms with van der Waals surface area (Å²) >= 11 is 1.52. The largest absolute Gasteiger partial charge is 0.380 e. The van der Waals surface area contributed by atoms with Crippen LogP contribution in [0.4, 0.5) is 11.4 Å². The Morgan fingerprint density at radius 1 is 1.32 bits per heavy atom. The number of amides is 1. The standard InChI is InChI=1S/C17H20N2O2S/c1-21-16-3-2-9-19(11-16)15-6-4-14(5-7-15)18-17(20)13-8-10-22-12-13/h4-8,10,12,16H,2-3,9,11H2,1H3,(H,18,20). The van der Waals surface area contributed by atoms with Crippen LogP contribution in [0, 0.1) is 0 Å². The first-order chi connectivity index (χ1) is 10.8. The molecule has 22 heavy (non-hydrogen) atoms. The lowest BCUT2D eigenvalue weighted by Gasteiger charge is -2.33. The third kappa shape index (κ3) is 3.48. The predicted octanol–water partition coefficient (Wildman–Crippen LogP) is 3.62. The topological polar surface area (TPSA) is 41.6 Å². The average molecular weight is 316 g/mol. The van der Waals surface area contributed by atoms with Crippen molar-refractivity contribution in [1.82, 2.24) is 0 Å². The van der Waals surface area contributed by atoms with Crippen LogP contribution in [0.3, 0.4) is 0 Å². The second-order valence-electron chi connectivity index (χ2n) is 5.46. The normalized spacial score (nSPS) is 18.2. The van der Waals surface area contributed by atoms with Crippen molar-refractivity contribution in [1.29, 1.82) is 0 Å². The zero-order valence-corrected chi connectivity index (χ0v) is 13.4. The molecule has 0 bridgehead atoms. The number of hydrogen-bond donors (Lipinski definition) is 1. The predicted molar refractivity (Wildman–Crippen MR) is 91.0 cm³/mol. The third-order valence-corrected chi connectivity index (χ3v) is 4.67. The minimum absolute atomic E-state index is 0.0635. The number of methoxy groups -OCH3 is 1. The zero-order chi connectivity index (χ0) is 15.4. The molecule has 2 aromatic rings. The first kappa shape index (κ1) is 15.1. The van der Waals surface area contributed by atoms with Gasteiger partial charge in [-0.1, -0.05) is 0 Å². The number of piperidine rings is 1. The summed E-state index contributed by atoms with van der Waals surface area (Å²) in [6.07, 6.45) is 2.59. The summed E-state index contributed by atoms with van der Waals surface area (Å²) in [6.45, 7) is 1.98. The van der Waals surface area contributed by atoms with Gasteiger partial charge in [0, 0.05) is 37.0 Å². The fraction of sp³-hybridized carbons (Fsp3) is 0.353. The molecule has 0 saturated carbocycles. The van der Waals surface area contributed by atoms with E-state index in [9.17, 15) is 4.79 Å². The molecule has 1 unspecified atom stereocenters. The number of ether oxygens (including phenoxy) is 1.